The number of para-hydroxylation sites is 1. The number of H-pyrrole nitrogens is 1. The molecule has 0 aliphatic heterocycles. The van der Waals surface area contributed by atoms with E-state index >= 15 is 0 Å². The summed E-state index contributed by atoms with van der Waals surface area (Å²) in [4.78, 5) is 26.8. The van der Waals surface area contributed by atoms with Gasteiger partial charge in [0.15, 0.2) is 0 Å². The van der Waals surface area contributed by atoms with Crippen LogP contribution in [0.1, 0.15) is 23.2 Å². The van der Waals surface area contributed by atoms with E-state index in [1.807, 2.05) is 6.07 Å². The molecule has 2 N–H and O–H groups in total. The second kappa shape index (κ2) is 5.41. The summed E-state index contributed by atoms with van der Waals surface area (Å²) < 4.78 is 4.73. The average Bonchev–Trinajstić information content (AvgIpc) is 3.29. The third-order valence-electron chi connectivity index (χ3n) is 3.65. The largest absolute Gasteiger partial charge is 0.465 e. The molecule has 21 heavy (non-hydrogen) atoms. The first kappa shape index (κ1) is 13.9. The maximum absolute atomic E-state index is 12.2. The van der Waals surface area contributed by atoms with E-state index in [0.717, 1.165) is 6.54 Å². The summed E-state index contributed by atoms with van der Waals surface area (Å²) in [7, 11) is 1.26. The van der Waals surface area contributed by atoms with Crippen LogP contribution in [0.3, 0.4) is 0 Å². The zero-order chi connectivity index (χ0) is 15.0. The number of nitrogens with one attached hydrogen (secondary N) is 2. The molecule has 5 nitrogen and oxygen atoms in total. The van der Waals surface area contributed by atoms with Gasteiger partial charge in [0, 0.05) is 11.9 Å². The van der Waals surface area contributed by atoms with Gasteiger partial charge in [0.05, 0.1) is 23.3 Å². The zero-order valence-electron chi connectivity index (χ0n) is 11.5. The molecule has 0 radical (unpaired) electrons. The van der Waals surface area contributed by atoms with Crippen LogP contribution in [-0.2, 0) is 4.74 Å². The number of rotatable bonds is 4. The molecule has 2 aromatic rings. The first-order chi connectivity index (χ1) is 10.1. The molecule has 0 unspecified atom stereocenters. The van der Waals surface area contributed by atoms with E-state index in [1.165, 1.54) is 20.0 Å². The molecule has 1 aromatic carbocycles. The smallest absolute Gasteiger partial charge is 0.345 e. The lowest BCUT2D eigenvalue weighted by Crippen LogP contribution is -2.22. The van der Waals surface area contributed by atoms with Gasteiger partial charge < -0.3 is 15.0 Å². The van der Waals surface area contributed by atoms with Crippen LogP contribution in [0.5, 0.6) is 0 Å². The van der Waals surface area contributed by atoms with E-state index in [2.05, 4.69) is 10.3 Å². The molecule has 1 heterocycles. The summed E-state index contributed by atoms with van der Waals surface area (Å²) in [5, 5.41) is 4.37. The number of anilines is 1. The summed E-state index contributed by atoms with van der Waals surface area (Å²) in [6, 6.07) is 5.30. The Labute approximate surface area is 126 Å². The monoisotopic (exact) mass is 306 g/mol. The Kier molecular flexibility index (Phi) is 3.59. The van der Waals surface area contributed by atoms with Crippen molar-refractivity contribution in [2.45, 2.75) is 12.8 Å². The van der Waals surface area contributed by atoms with Crippen molar-refractivity contribution in [1.82, 2.24) is 4.98 Å². The minimum Gasteiger partial charge on any atom is -0.465 e. The molecule has 110 valence electrons. The molecule has 3 rings (SSSR count). The van der Waals surface area contributed by atoms with Crippen molar-refractivity contribution in [3.05, 3.63) is 39.1 Å². The number of methoxy groups -OCH3 is 1. The molecule has 1 aliphatic rings. The van der Waals surface area contributed by atoms with Gasteiger partial charge in [-0.05, 0) is 24.8 Å². The maximum Gasteiger partial charge on any atom is 0.345 e. The van der Waals surface area contributed by atoms with Crippen molar-refractivity contribution >= 4 is 34.2 Å². The summed E-state index contributed by atoms with van der Waals surface area (Å²) in [6.45, 7) is 0.731. The minimum absolute atomic E-state index is 0.00656. The van der Waals surface area contributed by atoms with E-state index in [-0.39, 0.29) is 5.56 Å². The molecule has 1 saturated carbocycles. The van der Waals surface area contributed by atoms with Crippen LogP contribution in [-0.4, -0.2) is 24.6 Å². The standard InChI is InChI=1S/C15H15ClN2O3/c1-21-15(20)11-13(17-7-8-5-6-8)9-3-2-4-10(16)12(9)18-14(11)19/h2-4,8H,5-7H2,1H3,(H2,17,18,19). The number of halogens is 1. The Balaban J connectivity index is 2.22. The average molecular weight is 307 g/mol. The molecule has 1 aromatic heterocycles. The van der Waals surface area contributed by atoms with E-state index in [9.17, 15) is 9.59 Å². The lowest BCUT2D eigenvalue weighted by molar-refractivity contribution is 0.0600. The normalized spacial score (nSPS) is 14.2. The summed E-state index contributed by atoms with van der Waals surface area (Å²) in [5.74, 6) is -0.0551. The Bertz CT molecular complexity index is 765. The Morgan fingerprint density at radius 2 is 2.24 bits per heavy atom. The van der Waals surface area contributed by atoms with Crippen molar-refractivity contribution in [2.24, 2.45) is 5.92 Å². The topological polar surface area (TPSA) is 71.2 Å². The first-order valence-electron chi connectivity index (χ1n) is 6.78. The lowest BCUT2D eigenvalue weighted by atomic mass is 10.1. The van der Waals surface area contributed by atoms with Crippen molar-refractivity contribution in [2.75, 3.05) is 19.0 Å². The molecule has 0 saturated heterocycles. The Morgan fingerprint density at radius 3 is 2.90 bits per heavy atom. The summed E-state index contributed by atoms with van der Waals surface area (Å²) >= 11 is 6.13. The zero-order valence-corrected chi connectivity index (χ0v) is 12.3. The molecular weight excluding hydrogens is 292 g/mol. The van der Waals surface area contributed by atoms with Crippen LogP contribution in [0.25, 0.3) is 10.9 Å². The van der Waals surface area contributed by atoms with Crippen LogP contribution in [0.4, 0.5) is 5.69 Å². The maximum atomic E-state index is 12.2. The SMILES string of the molecule is COC(=O)c1c(NCC2CC2)c2cccc(Cl)c2[nH]c1=O. The van der Waals surface area contributed by atoms with Gasteiger partial charge in [-0.1, -0.05) is 23.7 Å². The van der Waals surface area contributed by atoms with E-state index in [1.54, 1.807) is 12.1 Å². The number of hydrogen-bond acceptors (Lipinski definition) is 4. The fraction of sp³-hybridized carbons (Fsp3) is 0.333. The number of hydrogen-bond donors (Lipinski definition) is 2. The first-order valence-corrected chi connectivity index (χ1v) is 7.16. The van der Waals surface area contributed by atoms with Gasteiger partial charge in [-0.3, -0.25) is 4.79 Å². The molecule has 6 heteroatoms. The summed E-state index contributed by atoms with van der Waals surface area (Å²) in [5.41, 5.74) is 0.513. The van der Waals surface area contributed by atoms with Crippen molar-refractivity contribution in [3.8, 4) is 0 Å². The van der Waals surface area contributed by atoms with Crippen LogP contribution in [0.2, 0.25) is 5.02 Å². The number of aromatic nitrogens is 1. The van der Waals surface area contributed by atoms with Crippen molar-refractivity contribution in [3.63, 3.8) is 0 Å². The fourth-order valence-electron chi connectivity index (χ4n) is 2.33. The third kappa shape index (κ3) is 2.61. The minimum atomic E-state index is -0.656. The molecule has 1 aliphatic carbocycles. The van der Waals surface area contributed by atoms with Gasteiger partial charge in [0.2, 0.25) is 0 Å². The quantitative estimate of drug-likeness (QED) is 0.852. The molecule has 0 atom stereocenters. The molecule has 0 amide bonds. The van der Waals surface area contributed by atoms with Gasteiger partial charge in [0.1, 0.15) is 5.56 Å². The van der Waals surface area contributed by atoms with E-state index in [4.69, 9.17) is 16.3 Å². The van der Waals surface area contributed by atoms with Crippen LogP contribution in [0.15, 0.2) is 23.0 Å². The Hall–Kier alpha value is -2.01. The van der Waals surface area contributed by atoms with Gasteiger partial charge >= 0.3 is 5.97 Å². The van der Waals surface area contributed by atoms with Crippen LogP contribution >= 0.6 is 11.6 Å². The fourth-order valence-corrected chi connectivity index (χ4v) is 2.55. The van der Waals surface area contributed by atoms with Crippen LogP contribution < -0.4 is 10.9 Å². The van der Waals surface area contributed by atoms with Crippen LogP contribution in [0, 0.1) is 5.92 Å². The predicted molar refractivity (Wildman–Crippen MR) is 82.1 cm³/mol. The van der Waals surface area contributed by atoms with Gasteiger partial charge in [0.25, 0.3) is 5.56 Å². The van der Waals surface area contributed by atoms with Gasteiger partial charge in [-0.15, -0.1) is 0 Å². The second-order valence-electron chi connectivity index (χ2n) is 5.18. The van der Waals surface area contributed by atoms with Gasteiger partial charge in [-0.2, -0.15) is 0 Å². The number of pyridine rings is 1. The number of esters is 1. The number of ether oxygens (including phenoxy) is 1. The number of carbonyl (C=O) groups is 1. The predicted octanol–water partition coefficient (Wildman–Crippen LogP) is 2.79. The molecule has 0 bridgehead atoms. The van der Waals surface area contributed by atoms with E-state index < -0.39 is 11.5 Å². The van der Waals surface area contributed by atoms with Crippen molar-refractivity contribution in [1.29, 1.82) is 0 Å². The lowest BCUT2D eigenvalue weighted by Gasteiger charge is -2.13. The third-order valence-corrected chi connectivity index (χ3v) is 3.97. The summed E-state index contributed by atoms with van der Waals surface area (Å²) in [6.07, 6.45) is 2.34. The highest BCUT2D eigenvalue weighted by atomic mass is 35.5. The number of aromatic amines is 1. The molecule has 0 spiro atoms. The highest BCUT2D eigenvalue weighted by molar-refractivity contribution is 6.35. The second-order valence-corrected chi connectivity index (χ2v) is 5.59. The van der Waals surface area contributed by atoms with Gasteiger partial charge in [-0.25, -0.2) is 4.79 Å². The van der Waals surface area contributed by atoms with Crippen molar-refractivity contribution < 1.29 is 9.53 Å². The number of carbonyl (C=O) groups excluding carboxylic acids is 1. The highest BCUT2D eigenvalue weighted by Gasteiger charge is 2.25. The highest BCUT2D eigenvalue weighted by Crippen LogP contribution is 2.32. The number of benzene rings is 1. The molecule has 1 fully saturated rings. The van der Waals surface area contributed by atoms with E-state index in [0.29, 0.717) is 27.5 Å². The number of fused-ring (bicyclic) bond motifs is 1. The Morgan fingerprint density at radius 1 is 1.48 bits per heavy atom. The molecular formula is C15H15ClN2O3.